The quantitative estimate of drug-likeness (QED) is 0.309. The van der Waals surface area contributed by atoms with Gasteiger partial charge in [-0.15, -0.1) is 0 Å². The summed E-state index contributed by atoms with van der Waals surface area (Å²) in [5, 5.41) is 3.19. The van der Waals surface area contributed by atoms with Crippen LogP contribution in [0.3, 0.4) is 0 Å². The minimum Gasteiger partial charge on any atom is -0.444 e. The Labute approximate surface area is 266 Å². The molecule has 11 nitrogen and oxygen atoms in total. The second-order valence-corrected chi connectivity index (χ2v) is 13.8. The summed E-state index contributed by atoms with van der Waals surface area (Å²) in [7, 11) is 0. The fourth-order valence-corrected chi connectivity index (χ4v) is 5.80. The van der Waals surface area contributed by atoms with E-state index < -0.39 is 47.5 Å². The summed E-state index contributed by atoms with van der Waals surface area (Å²) < 4.78 is 41.4. The van der Waals surface area contributed by atoms with E-state index in [4.69, 9.17) is 15.2 Å². The normalized spacial score (nSPS) is 18.0. The van der Waals surface area contributed by atoms with Crippen LogP contribution in [-0.4, -0.2) is 58.1 Å². The van der Waals surface area contributed by atoms with Crippen molar-refractivity contribution >= 4 is 46.2 Å². The SMILES string of the molecule is Cc1c(-c2cc3cc(N(C(N)=O)C4CC(F)C4)ncc3c(NC(=O)OC(C)(C)C)c2F)cnc2c1N(C(=O)OC(C)(C)C)CCC2. The Hall–Kier alpha value is -4.55. The maximum absolute atomic E-state index is 16.6. The highest BCUT2D eigenvalue weighted by atomic mass is 19.1. The number of halogens is 2. The third-order valence-corrected chi connectivity index (χ3v) is 7.83. The first-order valence-corrected chi connectivity index (χ1v) is 15.3. The van der Waals surface area contributed by atoms with Gasteiger partial charge in [0.2, 0.25) is 0 Å². The monoisotopic (exact) mass is 638 g/mol. The number of hydrogen-bond donors (Lipinski definition) is 2. The van der Waals surface area contributed by atoms with Crippen LogP contribution in [0, 0.1) is 12.7 Å². The number of aromatic nitrogens is 2. The van der Waals surface area contributed by atoms with E-state index in [9.17, 15) is 18.8 Å². The van der Waals surface area contributed by atoms with Crippen molar-refractivity contribution in [3.63, 3.8) is 0 Å². The van der Waals surface area contributed by atoms with Crippen molar-refractivity contribution in [2.45, 2.75) is 97.6 Å². The Bertz CT molecular complexity index is 1710. The van der Waals surface area contributed by atoms with Gasteiger partial charge in [0, 0.05) is 41.5 Å². The van der Waals surface area contributed by atoms with Crippen molar-refractivity contribution < 1.29 is 32.6 Å². The number of carbonyl (C=O) groups is 3. The molecule has 46 heavy (non-hydrogen) atoms. The molecule has 0 radical (unpaired) electrons. The van der Waals surface area contributed by atoms with Crippen LogP contribution in [0.4, 0.5) is 40.4 Å². The summed E-state index contributed by atoms with van der Waals surface area (Å²) >= 11 is 0. The number of aryl methyl sites for hydroxylation is 1. The van der Waals surface area contributed by atoms with Crippen LogP contribution in [0.15, 0.2) is 24.5 Å². The zero-order valence-electron chi connectivity index (χ0n) is 27.2. The molecule has 0 spiro atoms. The predicted octanol–water partition coefficient (Wildman–Crippen LogP) is 7.16. The lowest BCUT2D eigenvalue weighted by molar-refractivity contribution is 0.0575. The first-order chi connectivity index (χ1) is 21.4. The fourth-order valence-electron chi connectivity index (χ4n) is 5.80. The lowest BCUT2D eigenvalue weighted by Gasteiger charge is -2.37. The van der Waals surface area contributed by atoms with E-state index in [2.05, 4.69) is 15.3 Å². The van der Waals surface area contributed by atoms with Gasteiger partial charge >= 0.3 is 18.2 Å². The largest absolute Gasteiger partial charge is 0.444 e. The number of ether oxygens (including phenoxy) is 2. The molecule has 1 fully saturated rings. The third kappa shape index (κ3) is 6.68. The molecule has 1 aliphatic carbocycles. The van der Waals surface area contributed by atoms with E-state index in [1.54, 1.807) is 66.8 Å². The zero-order chi connectivity index (χ0) is 33.7. The maximum atomic E-state index is 16.6. The molecular formula is C33H40F2N6O5. The van der Waals surface area contributed by atoms with Gasteiger partial charge in [-0.1, -0.05) is 0 Å². The number of primary amides is 1. The average Bonchev–Trinajstić information content (AvgIpc) is 2.91. The number of nitrogens with two attached hydrogens (primary N) is 1. The molecular weight excluding hydrogens is 598 g/mol. The predicted molar refractivity (Wildman–Crippen MR) is 171 cm³/mol. The maximum Gasteiger partial charge on any atom is 0.414 e. The van der Waals surface area contributed by atoms with Crippen LogP contribution < -0.4 is 20.9 Å². The van der Waals surface area contributed by atoms with Crippen LogP contribution in [0.25, 0.3) is 21.9 Å². The number of carbonyl (C=O) groups excluding carboxylic acids is 3. The number of amides is 4. The average molecular weight is 639 g/mol. The number of alkyl halides is 1. The van der Waals surface area contributed by atoms with Gasteiger partial charge in [0.25, 0.3) is 0 Å². The Morgan fingerprint density at radius 1 is 1.02 bits per heavy atom. The molecule has 2 aliphatic rings. The standard InChI is InChI=1S/C33H40F2N6O5/c1-17-22(15-37-24-9-8-10-40(28(17)24)31(44)46-33(5,6)7)21-11-18-12-25(41(29(36)42)20-13-19(34)14-20)38-16-23(18)27(26(21)35)39-30(43)45-32(2,3)4/h11-12,15-16,19-20H,8-10,13-14H2,1-7H3,(H2,36,42)(H,39,43). The summed E-state index contributed by atoms with van der Waals surface area (Å²) in [5.74, 6) is -0.613. The molecule has 2 aromatic heterocycles. The van der Waals surface area contributed by atoms with E-state index in [1.807, 2.05) is 0 Å². The fraction of sp³-hybridized carbons (Fsp3) is 0.485. The van der Waals surface area contributed by atoms with Crippen molar-refractivity contribution in [1.82, 2.24) is 9.97 Å². The minimum absolute atomic E-state index is 0.0799. The number of urea groups is 1. The summed E-state index contributed by atoms with van der Waals surface area (Å²) in [6.45, 7) is 12.6. The summed E-state index contributed by atoms with van der Waals surface area (Å²) in [6.07, 6.45) is 1.97. The molecule has 3 N–H and O–H groups in total. The molecule has 5 rings (SSSR count). The van der Waals surface area contributed by atoms with Crippen molar-refractivity contribution in [2.75, 3.05) is 21.7 Å². The van der Waals surface area contributed by atoms with Gasteiger partial charge in [0.15, 0.2) is 5.82 Å². The Balaban J connectivity index is 1.68. The lowest BCUT2D eigenvalue weighted by Crippen LogP contribution is -2.51. The van der Waals surface area contributed by atoms with Crippen LogP contribution in [0.2, 0.25) is 0 Å². The summed E-state index contributed by atoms with van der Waals surface area (Å²) in [5.41, 5.74) is 6.16. The molecule has 3 heterocycles. The molecule has 0 unspecified atom stereocenters. The van der Waals surface area contributed by atoms with Crippen molar-refractivity contribution in [3.8, 4) is 11.1 Å². The van der Waals surface area contributed by atoms with Crippen molar-refractivity contribution in [2.24, 2.45) is 5.73 Å². The number of nitrogens with zero attached hydrogens (tertiary/aromatic N) is 4. The molecule has 1 aliphatic heterocycles. The minimum atomic E-state index is -1.04. The molecule has 0 atom stereocenters. The number of benzene rings is 1. The molecule has 1 aromatic carbocycles. The number of nitrogens with one attached hydrogen (secondary N) is 1. The van der Waals surface area contributed by atoms with E-state index in [0.29, 0.717) is 47.3 Å². The highest BCUT2D eigenvalue weighted by Crippen LogP contribution is 2.42. The first kappa shape index (κ1) is 32.8. The molecule has 0 saturated heterocycles. The second kappa shape index (κ2) is 12.0. The van der Waals surface area contributed by atoms with Crippen LogP contribution in [0.1, 0.15) is 72.1 Å². The van der Waals surface area contributed by atoms with E-state index in [0.717, 1.165) is 0 Å². The Kier molecular flexibility index (Phi) is 8.56. The highest BCUT2D eigenvalue weighted by molar-refractivity contribution is 6.05. The number of anilines is 3. The van der Waals surface area contributed by atoms with Crippen LogP contribution in [0.5, 0.6) is 0 Å². The molecule has 13 heteroatoms. The Morgan fingerprint density at radius 2 is 1.70 bits per heavy atom. The van der Waals surface area contributed by atoms with Crippen LogP contribution in [-0.2, 0) is 15.9 Å². The molecule has 3 aromatic rings. The van der Waals surface area contributed by atoms with E-state index in [-0.39, 0.29) is 35.3 Å². The van der Waals surface area contributed by atoms with Gasteiger partial charge in [-0.25, -0.2) is 28.1 Å². The van der Waals surface area contributed by atoms with Gasteiger partial charge in [0.1, 0.15) is 23.2 Å². The smallest absolute Gasteiger partial charge is 0.414 e. The second-order valence-electron chi connectivity index (χ2n) is 13.8. The van der Waals surface area contributed by atoms with Gasteiger partial charge in [-0.3, -0.25) is 20.1 Å². The van der Waals surface area contributed by atoms with Gasteiger partial charge < -0.3 is 15.2 Å². The third-order valence-electron chi connectivity index (χ3n) is 7.83. The first-order valence-electron chi connectivity index (χ1n) is 15.3. The molecule has 4 amide bonds. The van der Waals surface area contributed by atoms with Gasteiger partial charge in [0.05, 0.1) is 17.1 Å². The molecule has 1 saturated carbocycles. The molecule has 246 valence electrons. The topological polar surface area (TPSA) is 140 Å². The number of hydrogen-bond acceptors (Lipinski definition) is 7. The molecule has 0 bridgehead atoms. The summed E-state index contributed by atoms with van der Waals surface area (Å²) in [6, 6.07) is 1.84. The van der Waals surface area contributed by atoms with Gasteiger partial charge in [-0.2, -0.15) is 0 Å². The van der Waals surface area contributed by atoms with E-state index in [1.165, 1.54) is 16.0 Å². The van der Waals surface area contributed by atoms with E-state index >= 15 is 4.39 Å². The lowest BCUT2D eigenvalue weighted by atomic mass is 9.89. The van der Waals surface area contributed by atoms with Crippen molar-refractivity contribution in [3.05, 3.63) is 41.6 Å². The highest BCUT2D eigenvalue weighted by Gasteiger charge is 2.37. The van der Waals surface area contributed by atoms with Crippen molar-refractivity contribution in [1.29, 1.82) is 0 Å². The number of pyridine rings is 2. The zero-order valence-corrected chi connectivity index (χ0v) is 27.2. The van der Waals surface area contributed by atoms with Gasteiger partial charge in [-0.05, 0) is 97.2 Å². The summed E-state index contributed by atoms with van der Waals surface area (Å²) in [4.78, 5) is 50.3. The number of rotatable bonds is 4. The van der Waals surface area contributed by atoms with Crippen LogP contribution >= 0.6 is 0 Å². The number of fused-ring (bicyclic) bond motifs is 2. The Morgan fingerprint density at radius 3 is 2.30 bits per heavy atom.